The predicted octanol–water partition coefficient (Wildman–Crippen LogP) is 1.16. The van der Waals surface area contributed by atoms with Gasteiger partial charge in [0.15, 0.2) is 0 Å². The molecule has 0 spiro atoms. The van der Waals surface area contributed by atoms with Gasteiger partial charge in [-0.1, -0.05) is 11.6 Å². The van der Waals surface area contributed by atoms with E-state index in [2.05, 4.69) is 22.0 Å². The number of urea groups is 1. The number of rotatable bonds is 9. The zero-order valence-corrected chi connectivity index (χ0v) is 13.4. The molecule has 2 rings (SSSR count). The molecule has 0 aromatic heterocycles. The largest absolute Gasteiger partial charge is 0.481 e. The average Bonchev–Trinajstić information content (AvgIpc) is 3.03. The zero-order chi connectivity index (χ0) is 16.8. The normalized spacial score (nSPS) is 27.5. The Hall–Kier alpha value is -1.77. The standard InChI is InChI=1S/C14H21N4O4S/c15-9(4-2-6-16-22)8(13(19)20)3-1-5-11-12-10(7-23-11)17-14(21)18-12/h8,10-12,15,22H,1-5,7H2,(H,19,20)(H2,17,18,21)/t8?,10-,11-,12-/m0/s1. The first-order valence-corrected chi connectivity index (χ1v) is 8.63. The second-order valence-corrected chi connectivity index (χ2v) is 7.00. The second kappa shape index (κ2) is 8.19. The van der Waals surface area contributed by atoms with Crippen molar-refractivity contribution in [3.05, 3.63) is 0 Å². The van der Waals surface area contributed by atoms with E-state index in [1.165, 1.54) is 0 Å². The lowest BCUT2D eigenvalue weighted by Gasteiger charge is -2.18. The molecule has 2 saturated heterocycles. The molecule has 1 radical (unpaired) electrons. The fraction of sp³-hybridized carbons (Fsp3) is 0.714. The molecule has 2 aliphatic heterocycles. The predicted molar refractivity (Wildman–Crippen MR) is 86.6 cm³/mol. The molecule has 9 heteroatoms. The van der Waals surface area contributed by atoms with Crippen LogP contribution in [0.5, 0.6) is 0 Å². The number of hydrogen-bond acceptors (Lipinski definition) is 6. The van der Waals surface area contributed by atoms with Gasteiger partial charge in [-0.05, 0) is 19.3 Å². The smallest absolute Gasteiger partial charge is 0.315 e. The molecule has 5 N–H and O–H groups in total. The van der Waals surface area contributed by atoms with Crippen molar-refractivity contribution < 1.29 is 19.9 Å². The molecule has 2 aliphatic rings. The summed E-state index contributed by atoms with van der Waals surface area (Å²) < 4.78 is 0. The first-order chi connectivity index (χ1) is 11.0. The van der Waals surface area contributed by atoms with Crippen LogP contribution in [0.2, 0.25) is 0 Å². The van der Waals surface area contributed by atoms with E-state index in [4.69, 9.17) is 10.6 Å². The number of amides is 2. The molecule has 2 fully saturated rings. The summed E-state index contributed by atoms with van der Waals surface area (Å²) in [5.41, 5.74) is 0.126. The van der Waals surface area contributed by atoms with Gasteiger partial charge in [0.2, 0.25) is 0 Å². The Labute approximate surface area is 138 Å². The number of hydrogen-bond donors (Lipinski definition) is 5. The van der Waals surface area contributed by atoms with Gasteiger partial charge < -0.3 is 26.4 Å². The van der Waals surface area contributed by atoms with Crippen LogP contribution in [-0.4, -0.2) is 57.3 Å². The fourth-order valence-corrected chi connectivity index (χ4v) is 4.57. The van der Waals surface area contributed by atoms with E-state index in [0.29, 0.717) is 12.8 Å². The summed E-state index contributed by atoms with van der Waals surface area (Å²) in [6, 6.07) is 0.155. The first kappa shape index (κ1) is 17.6. The van der Waals surface area contributed by atoms with Gasteiger partial charge in [-0.15, -0.1) is 0 Å². The number of thioether (sulfide) groups is 1. The van der Waals surface area contributed by atoms with Gasteiger partial charge in [-0.2, -0.15) is 11.8 Å². The molecule has 0 aromatic rings. The molecule has 23 heavy (non-hydrogen) atoms. The maximum Gasteiger partial charge on any atom is 0.315 e. The summed E-state index contributed by atoms with van der Waals surface area (Å²) in [5.74, 6) is -0.930. The Morgan fingerprint density at radius 3 is 3.00 bits per heavy atom. The molecular weight excluding hydrogens is 320 g/mol. The Morgan fingerprint density at radius 2 is 2.30 bits per heavy atom. The number of nitrogens with zero attached hydrogens (tertiary/aromatic N) is 1. The number of fused-ring (bicyclic) bond motifs is 1. The fourth-order valence-electron chi connectivity index (χ4n) is 3.03. The molecular formula is C14H21N4O4S. The summed E-state index contributed by atoms with van der Waals surface area (Å²) in [6.07, 6.45) is 4.67. The number of nitrogens with one attached hydrogen (secondary N) is 3. The zero-order valence-electron chi connectivity index (χ0n) is 12.6. The van der Waals surface area contributed by atoms with Crippen LogP contribution in [-0.2, 0) is 4.79 Å². The highest BCUT2D eigenvalue weighted by Gasteiger charge is 2.42. The monoisotopic (exact) mass is 341 g/mol. The Balaban J connectivity index is 1.77. The van der Waals surface area contributed by atoms with E-state index in [0.717, 1.165) is 12.2 Å². The van der Waals surface area contributed by atoms with Crippen molar-refractivity contribution in [2.75, 3.05) is 5.75 Å². The van der Waals surface area contributed by atoms with Crippen molar-refractivity contribution in [3.8, 4) is 0 Å². The van der Waals surface area contributed by atoms with Gasteiger partial charge in [0.05, 0.1) is 18.0 Å². The van der Waals surface area contributed by atoms with Crippen LogP contribution in [0, 0.1) is 11.3 Å². The Bertz CT molecular complexity index is 499. The Morgan fingerprint density at radius 1 is 1.52 bits per heavy atom. The van der Waals surface area contributed by atoms with E-state index in [1.807, 2.05) is 0 Å². The van der Waals surface area contributed by atoms with E-state index in [1.54, 1.807) is 11.8 Å². The Kier molecular flexibility index (Phi) is 6.26. The summed E-state index contributed by atoms with van der Waals surface area (Å²) in [6.45, 7) is 0. The molecule has 0 aromatic carbocycles. The maximum absolute atomic E-state index is 11.3. The molecule has 8 nitrogen and oxygen atoms in total. The summed E-state index contributed by atoms with van der Waals surface area (Å²) in [5, 5.41) is 34.2. The van der Waals surface area contributed by atoms with Crippen LogP contribution in [0.1, 0.15) is 32.1 Å². The van der Waals surface area contributed by atoms with Gasteiger partial charge in [0, 0.05) is 23.1 Å². The van der Waals surface area contributed by atoms with Gasteiger partial charge in [0.25, 0.3) is 0 Å². The van der Waals surface area contributed by atoms with Crippen molar-refractivity contribution in [2.45, 2.75) is 49.4 Å². The lowest BCUT2D eigenvalue weighted by atomic mass is 9.92. The van der Waals surface area contributed by atoms with Crippen LogP contribution >= 0.6 is 11.8 Å². The third kappa shape index (κ3) is 4.60. The molecule has 2 amide bonds. The number of carbonyl (C=O) groups is 2. The van der Waals surface area contributed by atoms with Gasteiger partial charge >= 0.3 is 12.0 Å². The first-order valence-electron chi connectivity index (χ1n) is 7.58. The second-order valence-electron chi connectivity index (χ2n) is 5.73. The van der Waals surface area contributed by atoms with Gasteiger partial charge in [-0.3, -0.25) is 4.79 Å². The van der Waals surface area contributed by atoms with Crippen molar-refractivity contribution in [1.82, 2.24) is 10.6 Å². The highest BCUT2D eigenvalue weighted by Crippen LogP contribution is 2.33. The van der Waals surface area contributed by atoms with Crippen LogP contribution in [0.25, 0.3) is 0 Å². The van der Waals surface area contributed by atoms with E-state index < -0.39 is 11.9 Å². The van der Waals surface area contributed by atoms with Gasteiger partial charge in [-0.25, -0.2) is 4.79 Å². The van der Waals surface area contributed by atoms with E-state index >= 15 is 0 Å². The number of carboxylic acid groups (broad SMARTS) is 1. The van der Waals surface area contributed by atoms with Crippen molar-refractivity contribution in [1.29, 1.82) is 5.41 Å². The number of carbonyl (C=O) groups excluding carboxylic acids is 1. The molecule has 0 aliphatic carbocycles. The van der Waals surface area contributed by atoms with Crippen LogP contribution in [0.15, 0.2) is 5.16 Å². The van der Waals surface area contributed by atoms with Crippen molar-refractivity contribution >= 4 is 35.7 Å². The summed E-state index contributed by atoms with van der Waals surface area (Å²) >= 11 is 1.79. The average molecular weight is 341 g/mol. The molecule has 1 unspecified atom stereocenters. The lowest BCUT2D eigenvalue weighted by Crippen LogP contribution is -2.37. The number of aliphatic carboxylic acids is 1. The third-order valence-corrected chi connectivity index (χ3v) is 5.72. The summed E-state index contributed by atoms with van der Waals surface area (Å²) in [4.78, 5) is 22.6. The molecule has 2 heterocycles. The van der Waals surface area contributed by atoms with Crippen molar-refractivity contribution in [3.63, 3.8) is 0 Å². The highest BCUT2D eigenvalue weighted by atomic mass is 32.2. The minimum atomic E-state index is -0.997. The molecule has 0 saturated carbocycles. The van der Waals surface area contributed by atoms with E-state index in [9.17, 15) is 14.7 Å². The number of carboxylic acids is 1. The quantitative estimate of drug-likeness (QED) is 0.186. The third-order valence-electron chi connectivity index (χ3n) is 4.22. The molecule has 127 valence electrons. The minimum Gasteiger partial charge on any atom is -0.481 e. The van der Waals surface area contributed by atoms with E-state index in [-0.39, 0.29) is 41.9 Å². The SMILES string of the molecule is N=C(CC/[C]=N/O)C(CCC[C@@H]1SC[C@@H]2NC(=O)N[C@@H]21)C(=O)O. The highest BCUT2D eigenvalue weighted by molar-refractivity contribution is 8.00. The topological polar surface area (TPSA) is 135 Å². The maximum atomic E-state index is 11.3. The minimum absolute atomic E-state index is 0.116. The van der Waals surface area contributed by atoms with Crippen LogP contribution < -0.4 is 10.6 Å². The molecule has 0 bridgehead atoms. The van der Waals surface area contributed by atoms with Crippen molar-refractivity contribution in [2.24, 2.45) is 11.1 Å². The lowest BCUT2D eigenvalue weighted by molar-refractivity contribution is -0.139. The van der Waals surface area contributed by atoms with Crippen LogP contribution in [0.3, 0.4) is 0 Å². The molecule has 4 atom stereocenters. The van der Waals surface area contributed by atoms with Gasteiger partial charge in [0.1, 0.15) is 6.21 Å². The summed E-state index contributed by atoms with van der Waals surface area (Å²) in [7, 11) is 0. The van der Waals surface area contributed by atoms with Crippen LogP contribution in [0.4, 0.5) is 4.79 Å².